The van der Waals surface area contributed by atoms with Gasteiger partial charge in [0.05, 0.1) is 5.92 Å². The van der Waals surface area contributed by atoms with E-state index >= 15 is 0 Å². The van der Waals surface area contributed by atoms with Gasteiger partial charge >= 0.3 is 11.9 Å². The van der Waals surface area contributed by atoms with Crippen molar-refractivity contribution in [3.63, 3.8) is 0 Å². The van der Waals surface area contributed by atoms with Crippen molar-refractivity contribution in [2.75, 3.05) is 6.61 Å². The highest BCUT2D eigenvalue weighted by Crippen LogP contribution is 2.19. The number of aryl methyl sites for hydroxylation is 1. The molecule has 0 aliphatic heterocycles. The second-order valence-electron chi connectivity index (χ2n) is 9.49. The lowest BCUT2D eigenvalue weighted by Gasteiger charge is -2.13. The van der Waals surface area contributed by atoms with Crippen LogP contribution < -0.4 is 0 Å². The maximum absolute atomic E-state index is 11.0. The summed E-state index contributed by atoms with van der Waals surface area (Å²) in [6.07, 6.45) is 10.2. The summed E-state index contributed by atoms with van der Waals surface area (Å²) in [6, 6.07) is 9.93. The molecule has 0 aliphatic rings. The zero-order chi connectivity index (χ0) is 25.5. The van der Waals surface area contributed by atoms with E-state index in [9.17, 15) is 9.59 Å². The van der Waals surface area contributed by atoms with Gasteiger partial charge in [0.2, 0.25) is 0 Å². The van der Waals surface area contributed by atoms with E-state index in [1.807, 2.05) is 30.3 Å². The number of carboxylic acid groups (broad SMARTS) is 2. The molecule has 1 aromatic carbocycles. The summed E-state index contributed by atoms with van der Waals surface area (Å²) in [5.74, 6) is -0.167. The number of aliphatic hydroxyl groups is 1. The molecule has 0 heterocycles. The van der Waals surface area contributed by atoms with E-state index in [1.54, 1.807) is 0 Å². The molecule has 5 heteroatoms. The predicted molar refractivity (Wildman–Crippen MR) is 138 cm³/mol. The number of rotatable bonds is 15. The standard InChI is InChI=1S/C13H26O2.C10H12O2.C5H12O/c1-4-5-6-7-8-12(13(14)15)10-9-11(2)3;11-10(12)8-4-7-9-5-2-1-3-6-9;1-5(2)3-4-6/h11-12H,4-10H2,1-3H3,(H,14,15);1-3,5-6H,4,7-8H2,(H,11,12);5-6H,3-4H2,1-2H3. The third kappa shape index (κ3) is 26.3. The summed E-state index contributed by atoms with van der Waals surface area (Å²) in [7, 11) is 0. The molecule has 0 spiro atoms. The Bertz CT molecular complexity index is 569. The molecule has 0 saturated carbocycles. The highest BCUT2D eigenvalue weighted by atomic mass is 16.4. The predicted octanol–water partition coefficient (Wildman–Crippen LogP) is 7.21. The topological polar surface area (TPSA) is 94.8 Å². The van der Waals surface area contributed by atoms with Gasteiger partial charge in [-0.1, -0.05) is 97.1 Å². The lowest BCUT2D eigenvalue weighted by molar-refractivity contribution is -0.142. The Hall–Kier alpha value is -1.88. The minimum atomic E-state index is -0.717. The third-order valence-electron chi connectivity index (χ3n) is 5.25. The number of aliphatic carboxylic acids is 2. The molecule has 0 fully saturated rings. The molecule has 5 nitrogen and oxygen atoms in total. The van der Waals surface area contributed by atoms with Gasteiger partial charge in [0.15, 0.2) is 0 Å². The van der Waals surface area contributed by atoms with Crippen molar-refractivity contribution in [1.29, 1.82) is 0 Å². The molecule has 0 aromatic heterocycles. The van der Waals surface area contributed by atoms with Crippen molar-refractivity contribution >= 4 is 11.9 Å². The van der Waals surface area contributed by atoms with Crippen molar-refractivity contribution in [2.24, 2.45) is 17.8 Å². The molecule has 33 heavy (non-hydrogen) atoms. The Morgan fingerprint density at radius 1 is 0.788 bits per heavy atom. The minimum Gasteiger partial charge on any atom is -0.481 e. The van der Waals surface area contributed by atoms with Crippen LogP contribution in [0.15, 0.2) is 30.3 Å². The molecule has 0 radical (unpaired) electrons. The van der Waals surface area contributed by atoms with Gasteiger partial charge in [-0.15, -0.1) is 0 Å². The van der Waals surface area contributed by atoms with Crippen LogP contribution in [0.4, 0.5) is 0 Å². The lowest BCUT2D eigenvalue weighted by Crippen LogP contribution is -2.14. The Labute approximate surface area is 202 Å². The number of hydrogen-bond acceptors (Lipinski definition) is 3. The zero-order valence-electron chi connectivity index (χ0n) is 21.8. The summed E-state index contributed by atoms with van der Waals surface area (Å²) < 4.78 is 0. The normalized spacial score (nSPS) is 11.3. The van der Waals surface area contributed by atoms with E-state index in [4.69, 9.17) is 15.3 Å². The highest BCUT2D eigenvalue weighted by molar-refractivity contribution is 5.69. The van der Waals surface area contributed by atoms with Crippen LogP contribution in [0.25, 0.3) is 0 Å². The van der Waals surface area contributed by atoms with Gasteiger partial charge in [-0.05, 0) is 49.5 Å². The molecule has 1 unspecified atom stereocenters. The Kier molecular flexibility index (Phi) is 23.5. The third-order valence-corrected chi connectivity index (χ3v) is 5.25. The van der Waals surface area contributed by atoms with Crippen molar-refractivity contribution in [3.05, 3.63) is 35.9 Å². The number of aliphatic hydroxyl groups excluding tert-OH is 1. The molecule has 1 atom stereocenters. The van der Waals surface area contributed by atoms with E-state index in [0.717, 1.165) is 44.9 Å². The van der Waals surface area contributed by atoms with Crippen LogP contribution in [-0.2, 0) is 16.0 Å². The molecule has 1 aromatic rings. The van der Waals surface area contributed by atoms with Crippen LogP contribution in [-0.4, -0.2) is 33.9 Å². The SMILES string of the molecule is CC(C)CCO.CCCCCCC(CCC(C)C)C(=O)O.O=C(O)CCCc1ccccc1. The first kappa shape index (κ1) is 33.3. The first-order valence-electron chi connectivity index (χ1n) is 12.7. The van der Waals surface area contributed by atoms with Gasteiger partial charge in [0.1, 0.15) is 0 Å². The van der Waals surface area contributed by atoms with Gasteiger partial charge in [-0.25, -0.2) is 0 Å². The van der Waals surface area contributed by atoms with E-state index in [0.29, 0.717) is 18.4 Å². The maximum atomic E-state index is 11.0. The first-order valence-corrected chi connectivity index (χ1v) is 12.7. The van der Waals surface area contributed by atoms with Crippen LogP contribution in [0.1, 0.15) is 104 Å². The maximum Gasteiger partial charge on any atom is 0.306 e. The fourth-order valence-electron chi connectivity index (χ4n) is 3.09. The molecule has 0 saturated heterocycles. The second kappa shape index (κ2) is 23.3. The van der Waals surface area contributed by atoms with Crippen LogP contribution in [0.5, 0.6) is 0 Å². The Balaban J connectivity index is 0. The average Bonchev–Trinajstić information content (AvgIpc) is 2.74. The molecule has 0 bridgehead atoms. The van der Waals surface area contributed by atoms with Gasteiger partial charge in [-0.2, -0.15) is 0 Å². The van der Waals surface area contributed by atoms with Crippen molar-refractivity contribution in [2.45, 2.75) is 105 Å². The summed E-state index contributed by atoms with van der Waals surface area (Å²) in [5.41, 5.74) is 1.21. The smallest absolute Gasteiger partial charge is 0.306 e. The van der Waals surface area contributed by atoms with Gasteiger partial charge in [-0.3, -0.25) is 9.59 Å². The largest absolute Gasteiger partial charge is 0.481 e. The molecule has 3 N–H and O–H groups in total. The summed E-state index contributed by atoms with van der Waals surface area (Å²) >= 11 is 0. The van der Waals surface area contributed by atoms with Crippen LogP contribution in [0.3, 0.4) is 0 Å². The molecule has 0 amide bonds. The van der Waals surface area contributed by atoms with Gasteiger partial charge in [0.25, 0.3) is 0 Å². The van der Waals surface area contributed by atoms with Crippen LogP contribution in [0, 0.1) is 17.8 Å². The monoisotopic (exact) mass is 466 g/mol. The summed E-state index contributed by atoms with van der Waals surface area (Å²) in [5, 5.41) is 25.7. The summed E-state index contributed by atoms with van der Waals surface area (Å²) in [6.45, 7) is 11.0. The van der Waals surface area contributed by atoms with Gasteiger partial charge in [0, 0.05) is 13.0 Å². The number of carboxylic acids is 2. The van der Waals surface area contributed by atoms with E-state index in [1.165, 1.54) is 24.8 Å². The summed E-state index contributed by atoms with van der Waals surface area (Å²) in [4.78, 5) is 21.2. The van der Waals surface area contributed by atoms with Crippen molar-refractivity contribution in [3.8, 4) is 0 Å². The lowest BCUT2D eigenvalue weighted by atomic mass is 9.93. The number of hydrogen-bond donors (Lipinski definition) is 3. The Morgan fingerprint density at radius 2 is 1.39 bits per heavy atom. The molecule has 192 valence electrons. The van der Waals surface area contributed by atoms with Gasteiger partial charge < -0.3 is 15.3 Å². The first-order chi connectivity index (χ1) is 15.6. The van der Waals surface area contributed by atoms with E-state index in [2.05, 4.69) is 34.6 Å². The average molecular weight is 467 g/mol. The molecule has 0 aliphatic carbocycles. The fraction of sp³-hybridized carbons (Fsp3) is 0.714. The fourth-order valence-corrected chi connectivity index (χ4v) is 3.09. The van der Waals surface area contributed by atoms with E-state index in [-0.39, 0.29) is 12.3 Å². The molecular weight excluding hydrogens is 416 g/mol. The minimum absolute atomic E-state index is 0.107. The molecule has 1 rings (SSSR count). The Morgan fingerprint density at radius 3 is 1.82 bits per heavy atom. The highest BCUT2D eigenvalue weighted by Gasteiger charge is 2.16. The van der Waals surface area contributed by atoms with Crippen molar-refractivity contribution < 1.29 is 24.9 Å². The van der Waals surface area contributed by atoms with Crippen LogP contribution >= 0.6 is 0 Å². The van der Waals surface area contributed by atoms with Crippen molar-refractivity contribution in [1.82, 2.24) is 0 Å². The number of carbonyl (C=O) groups is 2. The van der Waals surface area contributed by atoms with Crippen LogP contribution in [0.2, 0.25) is 0 Å². The van der Waals surface area contributed by atoms with E-state index < -0.39 is 11.9 Å². The zero-order valence-corrected chi connectivity index (χ0v) is 21.8. The quantitative estimate of drug-likeness (QED) is 0.237. The number of benzene rings is 1. The molecular formula is C28H50O5. The second-order valence-corrected chi connectivity index (χ2v) is 9.49. The number of unbranched alkanes of at least 4 members (excludes halogenated alkanes) is 3.